The van der Waals surface area contributed by atoms with E-state index in [1.807, 2.05) is 12.1 Å². The van der Waals surface area contributed by atoms with E-state index in [1.54, 1.807) is 14.2 Å². The Morgan fingerprint density at radius 3 is 2.32 bits per heavy atom. The zero-order valence-corrected chi connectivity index (χ0v) is 19.6. The van der Waals surface area contributed by atoms with Crippen LogP contribution in [0.4, 0.5) is 0 Å². The summed E-state index contributed by atoms with van der Waals surface area (Å²) in [6, 6.07) is 14.5. The summed E-state index contributed by atoms with van der Waals surface area (Å²) < 4.78 is 11.2. The van der Waals surface area contributed by atoms with E-state index in [1.165, 1.54) is 16.7 Å². The molecule has 0 saturated carbocycles. The molecule has 154 valence electrons. The van der Waals surface area contributed by atoms with Crippen LogP contribution < -0.4 is 15.4 Å². The van der Waals surface area contributed by atoms with Crippen LogP contribution in [0.15, 0.2) is 47.5 Å². The van der Waals surface area contributed by atoms with E-state index in [2.05, 4.69) is 59.8 Å². The van der Waals surface area contributed by atoms with Crippen LogP contribution in [0.5, 0.6) is 5.75 Å². The highest BCUT2D eigenvalue weighted by atomic mass is 127. The summed E-state index contributed by atoms with van der Waals surface area (Å²) in [6.07, 6.45) is 0.991. The molecule has 0 aromatic heterocycles. The third-order valence-electron chi connectivity index (χ3n) is 4.22. The number of benzene rings is 2. The lowest BCUT2D eigenvalue weighted by molar-refractivity contribution is 0.184. The van der Waals surface area contributed by atoms with E-state index in [0.717, 1.165) is 30.3 Å². The van der Waals surface area contributed by atoms with Gasteiger partial charge in [-0.3, -0.25) is 4.99 Å². The minimum atomic E-state index is 0. The molecule has 0 aliphatic carbocycles. The second-order valence-corrected chi connectivity index (χ2v) is 6.44. The third-order valence-corrected chi connectivity index (χ3v) is 4.22. The molecule has 6 heteroatoms. The largest absolute Gasteiger partial charge is 0.493 e. The second-order valence-electron chi connectivity index (χ2n) is 6.44. The number of hydrogen-bond donors (Lipinski definition) is 2. The number of aryl methyl sites for hydroxylation is 1. The van der Waals surface area contributed by atoms with Crippen molar-refractivity contribution in [2.45, 2.75) is 40.0 Å². The summed E-state index contributed by atoms with van der Waals surface area (Å²) in [6.45, 7) is 6.85. The van der Waals surface area contributed by atoms with Crippen LogP contribution >= 0.6 is 24.0 Å². The number of guanidine groups is 1. The van der Waals surface area contributed by atoms with Crippen molar-refractivity contribution in [1.82, 2.24) is 10.6 Å². The molecule has 0 radical (unpaired) electrons. The molecule has 0 atom stereocenters. The number of rotatable bonds is 9. The van der Waals surface area contributed by atoms with Crippen LogP contribution in [0.3, 0.4) is 0 Å². The number of ether oxygens (including phenoxy) is 2. The van der Waals surface area contributed by atoms with Gasteiger partial charge in [0.2, 0.25) is 0 Å². The second kappa shape index (κ2) is 13.4. The molecule has 0 saturated heterocycles. The van der Waals surface area contributed by atoms with Crippen molar-refractivity contribution in [3.63, 3.8) is 0 Å². The van der Waals surface area contributed by atoms with Gasteiger partial charge in [-0.1, -0.05) is 43.3 Å². The molecule has 0 aliphatic rings. The van der Waals surface area contributed by atoms with Gasteiger partial charge in [0.15, 0.2) is 5.96 Å². The van der Waals surface area contributed by atoms with Gasteiger partial charge in [-0.2, -0.15) is 0 Å². The topological polar surface area (TPSA) is 54.9 Å². The molecule has 2 N–H and O–H groups in total. The number of methoxy groups -OCH3 is 1. The van der Waals surface area contributed by atoms with Crippen molar-refractivity contribution < 1.29 is 9.47 Å². The Morgan fingerprint density at radius 2 is 1.68 bits per heavy atom. The molecule has 0 unspecified atom stereocenters. The highest BCUT2D eigenvalue weighted by Gasteiger charge is 2.07. The lowest BCUT2D eigenvalue weighted by Crippen LogP contribution is -2.36. The van der Waals surface area contributed by atoms with Gasteiger partial charge >= 0.3 is 0 Å². The van der Waals surface area contributed by atoms with Gasteiger partial charge in [0, 0.05) is 32.8 Å². The van der Waals surface area contributed by atoms with Crippen molar-refractivity contribution in [2.24, 2.45) is 4.99 Å². The van der Waals surface area contributed by atoms with E-state index in [-0.39, 0.29) is 24.0 Å². The first-order valence-electron chi connectivity index (χ1n) is 9.40. The average Bonchev–Trinajstić information content (AvgIpc) is 2.69. The van der Waals surface area contributed by atoms with Crippen molar-refractivity contribution >= 4 is 29.9 Å². The fraction of sp³-hybridized carbons (Fsp3) is 0.409. The number of hydrogen-bond acceptors (Lipinski definition) is 3. The molecule has 0 aliphatic heterocycles. The predicted molar refractivity (Wildman–Crippen MR) is 127 cm³/mol. The van der Waals surface area contributed by atoms with Gasteiger partial charge in [-0.25, -0.2) is 0 Å². The van der Waals surface area contributed by atoms with Crippen molar-refractivity contribution in [3.8, 4) is 5.75 Å². The summed E-state index contributed by atoms with van der Waals surface area (Å²) >= 11 is 0. The summed E-state index contributed by atoms with van der Waals surface area (Å²) in [4.78, 5) is 4.33. The van der Waals surface area contributed by atoms with Crippen LogP contribution in [0, 0.1) is 6.92 Å². The summed E-state index contributed by atoms with van der Waals surface area (Å²) in [5.41, 5.74) is 4.69. The van der Waals surface area contributed by atoms with Crippen molar-refractivity contribution in [2.75, 3.05) is 20.8 Å². The maximum absolute atomic E-state index is 5.89. The van der Waals surface area contributed by atoms with E-state index in [9.17, 15) is 0 Å². The SMILES string of the molecule is CCCOc1cc(C)ccc1CNC(=NC)NCc1ccccc1COC.I. The van der Waals surface area contributed by atoms with Crippen LogP contribution in [0.1, 0.15) is 35.6 Å². The molecular weight excluding hydrogens is 465 g/mol. The zero-order chi connectivity index (χ0) is 19.5. The van der Waals surface area contributed by atoms with Gasteiger partial charge in [-0.15, -0.1) is 24.0 Å². The molecule has 28 heavy (non-hydrogen) atoms. The first-order chi connectivity index (χ1) is 13.2. The Balaban J connectivity index is 0.00000392. The van der Waals surface area contributed by atoms with E-state index >= 15 is 0 Å². The van der Waals surface area contributed by atoms with Gasteiger partial charge in [0.1, 0.15) is 5.75 Å². The number of nitrogens with one attached hydrogen (secondary N) is 2. The van der Waals surface area contributed by atoms with E-state index in [4.69, 9.17) is 9.47 Å². The lowest BCUT2D eigenvalue weighted by atomic mass is 10.1. The standard InChI is InChI=1S/C22H31N3O2.HI/c1-5-12-27-21-13-17(2)10-11-19(21)15-25-22(23-3)24-14-18-8-6-7-9-20(18)16-26-4;/h6-11,13H,5,12,14-16H2,1-4H3,(H2,23,24,25);1H. The summed E-state index contributed by atoms with van der Waals surface area (Å²) in [7, 11) is 3.49. The Morgan fingerprint density at radius 1 is 1.00 bits per heavy atom. The summed E-state index contributed by atoms with van der Waals surface area (Å²) in [5, 5.41) is 6.74. The fourth-order valence-corrected chi connectivity index (χ4v) is 2.76. The highest BCUT2D eigenvalue weighted by Crippen LogP contribution is 2.20. The first-order valence-corrected chi connectivity index (χ1v) is 9.40. The van der Waals surface area contributed by atoms with Gasteiger partial charge in [-0.05, 0) is 36.1 Å². The van der Waals surface area contributed by atoms with E-state index in [0.29, 0.717) is 19.7 Å². The number of nitrogens with zero attached hydrogens (tertiary/aromatic N) is 1. The molecule has 2 aromatic rings. The van der Waals surface area contributed by atoms with Crippen molar-refractivity contribution in [1.29, 1.82) is 0 Å². The molecule has 2 rings (SSSR count). The Labute approximate surface area is 186 Å². The van der Waals surface area contributed by atoms with E-state index < -0.39 is 0 Å². The maximum Gasteiger partial charge on any atom is 0.191 e. The molecule has 0 heterocycles. The monoisotopic (exact) mass is 497 g/mol. The molecule has 0 spiro atoms. The quantitative estimate of drug-likeness (QED) is 0.306. The third kappa shape index (κ3) is 7.67. The molecule has 0 fully saturated rings. The van der Waals surface area contributed by atoms with Gasteiger partial charge in [0.25, 0.3) is 0 Å². The van der Waals surface area contributed by atoms with Crippen LogP contribution in [-0.2, 0) is 24.4 Å². The number of halogens is 1. The van der Waals surface area contributed by atoms with Gasteiger partial charge in [0.05, 0.1) is 13.2 Å². The fourth-order valence-electron chi connectivity index (χ4n) is 2.76. The molecule has 5 nitrogen and oxygen atoms in total. The minimum Gasteiger partial charge on any atom is -0.493 e. The Hall–Kier alpha value is -1.80. The molecule has 2 aromatic carbocycles. The molecule has 0 bridgehead atoms. The molecule has 0 amide bonds. The van der Waals surface area contributed by atoms with Crippen LogP contribution in [-0.4, -0.2) is 26.7 Å². The number of aliphatic imine (C=N–C) groups is 1. The minimum absolute atomic E-state index is 0. The average molecular weight is 497 g/mol. The Bertz CT molecular complexity index is 750. The smallest absolute Gasteiger partial charge is 0.191 e. The molecular formula is C22H32IN3O2. The highest BCUT2D eigenvalue weighted by molar-refractivity contribution is 14.0. The van der Waals surface area contributed by atoms with Crippen molar-refractivity contribution in [3.05, 3.63) is 64.7 Å². The van der Waals surface area contributed by atoms with Gasteiger partial charge < -0.3 is 20.1 Å². The van der Waals surface area contributed by atoms with Crippen LogP contribution in [0.2, 0.25) is 0 Å². The maximum atomic E-state index is 5.89. The zero-order valence-electron chi connectivity index (χ0n) is 17.2. The summed E-state index contributed by atoms with van der Waals surface area (Å²) in [5.74, 6) is 1.69. The van der Waals surface area contributed by atoms with Crippen LogP contribution in [0.25, 0.3) is 0 Å². The normalized spacial score (nSPS) is 10.9. The first kappa shape index (κ1) is 24.2. The predicted octanol–water partition coefficient (Wildman–Crippen LogP) is 4.41. The Kier molecular flexibility index (Phi) is 11.6. The lowest BCUT2D eigenvalue weighted by Gasteiger charge is -2.16.